The SMILES string of the molecule is CCS(=O)(=O)CC(O)COC(c1ccccc1)c1ccccc1. The molecule has 1 atom stereocenters. The van der Waals surface area contributed by atoms with Crippen molar-refractivity contribution in [2.45, 2.75) is 19.1 Å². The Bertz CT molecular complexity index is 644. The summed E-state index contributed by atoms with van der Waals surface area (Å²) in [6.45, 7) is 1.54. The quantitative estimate of drug-likeness (QED) is 0.806. The first-order valence-corrected chi connectivity index (χ1v) is 9.44. The van der Waals surface area contributed by atoms with E-state index in [-0.39, 0.29) is 24.2 Å². The van der Waals surface area contributed by atoms with Crippen LogP contribution in [0.2, 0.25) is 0 Å². The van der Waals surface area contributed by atoms with Gasteiger partial charge in [-0.1, -0.05) is 67.6 Å². The normalized spacial score (nSPS) is 13.2. The number of hydrogen-bond donors (Lipinski definition) is 1. The monoisotopic (exact) mass is 334 g/mol. The fourth-order valence-corrected chi connectivity index (χ4v) is 3.23. The predicted molar refractivity (Wildman–Crippen MR) is 91.0 cm³/mol. The Morgan fingerprint density at radius 1 is 0.957 bits per heavy atom. The molecule has 0 spiro atoms. The Labute approximate surface area is 137 Å². The van der Waals surface area contributed by atoms with Crippen molar-refractivity contribution >= 4 is 9.84 Å². The molecule has 0 saturated carbocycles. The van der Waals surface area contributed by atoms with Gasteiger partial charge in [-0.3, -0.25) is 0 Å². The molecule has 2 aromatic rings. The van der Waals surface area contributed by atoms with Crippen LogP contribution in [0.15, 0.2) is 60.7 Å². The molecular formula is C18H22O4S. The maximum Gasteiger partial charge on any atom is 0.152 e. The lowest BCUT2D eigenvalue weighted by Crippen LogP contribution is -2.27. The largest absolute Gasteiger partial charge is 0.390 e. The second-order valence-electron chi connectivity index (χ2n) is 5.39. The first-order chi connectivity index (χ1) is 11.0. The maximum atomic E-state index is 11.6. The second-order valence-corrected chi connectivity index (χ2v) is 7.79. The molecule has 0 amide bonds. The molecule has 0 radical (unpaired) electrons. The van der Waals surface area contributed by atoms with Crippen molar-refractivity contribution in [1.82, 2.24) is 0 Å². The van der Waals surface area contributed by atoms with Crippen molar-refractivity contribution in [1.29, 1.82) is 0 Å². The van der Waals surface area contributed by atoms with Crippen molar-refractivity contribution in [2.75, 3.05) is 18.1 Å². The van der Waals surface area contributed by atoms with Crippen molar-refractivity contribution in [3.8, 4) is 0 Å². The van der Waals surface area contributed by atoms with Gasteiger partial charge in [0.25, 0.3) is 0 Å². The van der Waals surface area contributed by atoms with E-state index in [1.54, 1.807) is 6.92 Å². The number of sulfone groups is 1. The van der Waals surface area contributed by atoms with E-state index in [0.29, 0.717) is 0 Å². The van der Waals surface area contributed by atoms with Crippen LogP contribution in [0.5, 0.6) is 0 Å². The smallest absolute Gasteiger partial charge is 0.152 e. The van der Waals surface area contributed by atoms with Gasteiger partial charge in [-0.05, 0) is 11.1 Å². The zero-order chi connectivity index (χ0) is 16.7. The zero-order valence-corrected chi connectivity index (χ0v) is 13.9. The Kier molecular flexibility index (Phi) is 6.33. The van der Waals surface area contributed by atoms with Gasteiger partial charge in [0.1, 0.15) is 6.10 Å². The third kappa shape index (κ3) is 5.46. The van der Waals surface area contributed by atoms with Gasteiger partial charge in [-0.25, -0.2) is 8.42 Å². The molecule has 0 aliphatic carbocycles. The Balaban J connectivity index is 2.10. The molecule has 4 nitrogen and oxygen atoms in total. The molecule has 0 heterocycles. The first-order valence-electron chi connectivity index (χ1n) is 7.62. The molecule has 23 heavy (non-hydrogen) atoms. The summed E-state index contributed by atoms with van der Waals surface area (Å²) in [5.74, 6) is -0.259. The molecule has 0 aromatic heterocycles. The van der Waals surface area contributed by atoms with Crippen LogP contribution < -0.4 is 0 Å². The Morgan fingerprint density at radius 3 is 1.87 bits per heavy atom. The Morgan fingerprint density at radius 2 is 1.43 bits per heavy atom. The van der Waals surface area contributed by atoms with Crippen molar-refractivity contribution in [3.05, 3.63) is 71.8 Å². The van der Waals surface area contributed by atoms with Gasteiger partial charge >= 0.3 is 0 Å². The van der Waals surface area contributed by atoms with Crippen LogP contribution >= 0.6 is 0 Å². The van der Waals surface area contributed by atoms with Gasteiger partial charge in [-0.15, -0.1) is 0 Å². The zero-order valence-electron chi connectivity index (χ0n) is 13.1. The number of rotatable bonds is 8. The molecule has 1 unspecified atom stereocenters. The lowest BCUT2D eigenvalue weighted by molar-refractivity contribution is 0.0149. The number of aliphatic hydroxyl groups excluding tert-OH is 1. The van der Waals surface area contributed by atoms with E-state index in [0.717, 1.165) is 11.1 Å². The van der Waals surface area contributed by atoms with Crippen LogP contribution in [-0.2, 0) is 14.6 Å². The highest BCUT2D eigenvalue weighted by Crippen LogP contribution is 2.25. The summed E-state index contributed by atoms with van der Waals surface area (Å²) < 4.78 is 29.0. The van der Waals surface area contributed by atoms with Crippen LogP contribution in [-0.4, -0.2) is 37.7 Å². The summed E-state index contributed by atoms with van der Waals surface area (Å²) in [5.41, 5.74) is 1.92. The van der Waals surface area contributed by atoms with E-state index in [4.69, 9.17) is 4.74 Å². The van der Waals surface area contributed by atoms with Crippen molar-refractivity contribution < 1.29 is 18.3 Å². The van der Waals surface area contributed by atoms with Crippen LogP contribution in [0.1, 0.15) is 24.2 Å². The maximum absolute atomic E-state index is 11.6. The lowest BCUT2D eigenvalue weighted by atomic mass is 10.0. The molecule has 0 aliphatic heterocycles. The molecule has 2 aromatic carbocycles. The van der Waals surface area contributed by atoms with Crippen molar-refractivity contribution in [2.24, 2.45) is 0 Å². The topological polar surface area (TPSA) is 63.6 Å². The third-order valence-corrected chi connectivity index (χ3v) is 5.32. The number of hydrogen-bond acceptors (Lipinski definition) is 4. The van der Waals surface area contributed by atoms with Crippen LogP contribution in [0, 0.1) is 0 Å². The molecule has 1 N–H and O–H groups in total. The second kappa shape index (κ2) is 8.24. The highest BCUT2D eigenvalue weighted by molar-refractivity contribution is 7.91. The summed E-state index contributed by atoms with van der Waals surface area (Å²) >= 11 is 0. The summed E-state index contributed by atoms with van der Waals surface area (Å²) in [6, 6.07) is 19.3. The molecular weight excluding hydrogens is 312 g/mol. The number of ether oxygens (including phenoxy) is 1. The lowest BCUT2D eigenvalue weighted by Gasteiger charge is -2.21. The molecule has 0 fully saturated rings. The van der Waals surface area contributed by atoms with Gasteiger partial charge in [0.15, 0.2) is 9.84 Å². The number of benzene rings is 2. The van der Waals surface area contributed by atoms with Crippen LogP contribution in [0.4, 0.5) is 0 Å². The van der Waals surface area contributed by atoms with Crippen LogP contribution in [0.25, 0.3) is 0 Å². The van der Waals surface area contributed by atoms with Gasteiger partial charge < -0.3 is 9.84 Å². The fraction of sp³-hybridized carbons (Fsp3) is 0.333. The summed E-state index contributed by atoms with van der Waals surface area (Å²) in [7, 11) is -3.23. The summed E-state index contributed by atoms with van der Waals surface area (Å²) in [4.78, 5) is 0. The van der Waals surface area contributed by atoms with E-state index in [9.17, 15) is 13.5 Å². The third-order valence-electron chi connectivity index (χ3n) is 3.55. The Hall–Kier alpha value is -1.69. The molecule has 5 heteroatoms. The minimum absolute atomic E-state index is 0.0187. The minimum atomic E-state index is -3.23. The molecule has 0 saturated heterocycles. The van der Waals surface area contributed by atoms with E-state index < -0.39 is 15.9 Å². The van der Waals surface area contributed by atoms with E-state index in [2.05, 4.69) is 0 Å². The van der Waals surface area contributed by atoms with E-state index in [1.807, 2.05) is 60.7 Å². The standard InChI is InChI=1S/C18H22O4S/c1-2-23(20,21)14-17(19)13-22-18(15-9-5-3-6-10-15)16-11-7-4-8-12-16/h3-12,17-19H,2,13-14H2,1H3. The molecule has 124 valence electrons. The van der Waals surface area contributed by atoms with E-state index in [1.165, 1.54) is 0 Å². The predicted octanol–water partition coefficient (Wildman–Crippen LogP) is 2.59. The van der Waals surface area contributed by atoms with Gasteiger partial charge in [0.2, 0.25) is 0 Å². The molecule has 2 rings (SSSR count). The fourth-order valence-electron chi connectivity index (χ4n) is 2.31. The molecule has 0 aliphatic rings. The minimum Gasteiger partial charge on any atom is -0.390 e. The highest BCUT2D eigenvalue weighted by Gasteiger charge is 2.19. The highest BCUT2D eigenvalue weighted by atomic mass is 32.2. The van der Waals surface area contributed by atoms with Gasteiger partial charge in [0, 0.05) is 5.75 Å². The number of aliphatic hydroxyl groups is 1. The van der Waals surface area contributed by atoms with E-state index >= 15 is 0 Å². The average molecular weight is 334 g/mol. The van der Waals surface area contributed by atoms with Crippen molar-refractivity contribution in [3.63, 3.8) is 0 Å². The summed E-state index contributed by atoms with van der Waals surface area (Å²) in [5, 5.41) is 9.95. The van der Waals surface area contributed by atoms with Gasteiger partial charge in [0.05, 0.1) is 18.5 Å². The molecule has 0 bridgehead atoms. The average Bonchev–Trinajstić information content (AvgIpc) is 2.56. The summed E-state index contributed by atoms with van der Waals surface area (Å²) in [6.07, 6.45) is -1.37. The van der Waals surface area contributed by atoms with Crippen LogP contribution in [0.3, 0.4) is 0 Å². The van der Waals surface area contributed by atoms with Gasteiger partial charge in [-0.2, -0.15) is 0 Å². The first kappa shape index (κ1) is 17.7.